The quantitative estimate of drug-likeness (QED) is 0.811. The third-order valence-corrected chi connectivity index (χ3v) is 2.41. The van der Waals surface area contributed by atoms with Crippen LogP contribution in [0.5, 0.6) is 5.75 Å². The molecule has 0 aromatic heterocycles. The third-order valence-electron chi connectivity index (χ3n) is 2.41. The molecule has 88 valence electrons. The number of anilines is 1. The first-order chi connectivity index (χ1) is 8.10. The Labute approximate surface area is 97.6 Å². The van der Waals surface area contributed by atoms with Crippen LogP contribution in [0.4, 0.5) is 14.5 Å². The van der Waals surface area contributed by atoms with Gasteiger partial charge in [-0.05, 0) is 29.8 Å². The summed E-state index contributed by atoms with van der Waals surface area (Å²) >= 11 is 0. The molecule has 0 amide bonds. The van der Waals surface area contributed by atoms with Crippen LogP contribution in [0.25, 0.3) is 11.1 Å². The Morgan fingerprint density at radius 2 is 1.82 bits per heavy atom. The Morgan fingerprint density at radius 1 is 1.06 bits per heavy atom. The molecule has 0 fully saturated rings. The zero-order chi connectivity index (χ0) is 12.4. The molecule has 0 spiro atoms. The molecule has 0 unspecified atom stereocenters. The monoisotopic (exact) mass is 235 g/mol. The van der Waals surface area contributed by atoms with Crippen molar-refractivity contribution in [2.45, 2.75) is 0 Å². The molecule has 0 aliphatic rings. The number of halogens is 2. The van der Waals surface area contributed by atoms with Crippen LogP contribution in [0.3, 0.4) is 0 Å². The maximum atomic E-state index is 13.6. The summed E-state index contributed by atoms with van der Waals surface area (Å²) in [4.78, 5) is 0. The minimum Gasteiger partial charge on any atom is -0.497 e. The largest absolute Gasteiger partial charge is 0.497 e. The lowest BCUT2D eigenvalue weighted by atomic mass is 10.0. The lowest BCUT2D eigenvalue weighted by Crippen LogP contribution is -1.92. The summed E-state index contributed by atoms with van der Waals surface area (Å²) in [5, 5.41) is 0. The summed E-state index contributed by atoms with van der Waals surface area (Å²) in [6.07, 6.45) is 0. The van der Waals surface area contributed by atoms with Crippen molar-refractivity contribution >= 4 is 5.69 Å². The second kappa shape index (κ2) is 4.41. The number of benzene rings is 2. The van der Waals surface area contributed by atoms with E-state index in [9.17, 15) is 8.78 Å². The molecule has 2 nitrogen and oxygen atoms in total. The van der Waals surface area contributed by atoms with Gasteiger partial charge < -0.3 is 10.5 Å². The molecular weight excluding hydrogens is 224 g/mol. The summed E-state index contributed by atoms with van der Waals surface area (Å²) in [7, 11) is 1.50. The predicted octanol–water partition coefficient (Wildman–Crippen LogP) is 3.22. The Kier molecular flexibility index (Phi) is 2.95. The van der Waals surface area contributed by atoms with Gasteiger partial charge in [-0.15, -0.1) is 0 Å². The Balaban J connectivity index is 2.55. The van der Waals surface area contributed by atoms with Crippen LogP contribution in [0.1, 0.15) is 0 Å². The predicted molar refractivity (Wildman–Crippen MR) is 62.8 cm³/mol. The van der Waals surface area contributed by atoms with Crippen molar-refractivity contribution in [1.82, 2.24) is 0 Å². The normalized spacial score (nSPS) is 10.3. The van der Waals surface area contributed by atoms with Gasteiger partial charge >= 0.3 is 0 Å². The Hall–Kier alpha value is -2.10. The van der Waals surface area contributed by atoms with Crippen molar-refractivity contribution in [1.29, 1.82) is 0 Å². The fourth-order valence-electron chi connectivity index (χ4n) is 1.62. The van der Waals surface area contributed by atoms with Crippen molar-refractivity contribution in [2.24, 2.45) is 0 Å². The standard InChI is InChI=1S/C13H11F2NO/c1-17-11-5-8(4-10(16)7-11)12-3-2-9(14)6-13(12)15/h2-7H,16H2,1H3. The van der Waals surface area contributed by atoms with Crippen LogP contribution in [0.15, 0.2) is 36.4 Å². The van der Waals surface area contributed by atoms with Crippen LogP contribution < -0.4 is 10.5 Å². The second-order valence-corrected chi connectivity index (χ2v) is 3.62. The van der Waals surface area contributed by atoms with E-state index in [4.69, 9.17) is 10.5 Å². The topological polar surface area (TPSA) is 35.2 Å². The first-order valence-electron chi connectivity index (χ1n) is 5.00. The van der Waals surface area contributed by atoms with E-state index in [1.54, 1.807) is 18.2 Å². The van der Waals surface area contributed by atoms with Gasteiger partial charge in [0.2, 0.25) is 0 Å². The molecule has 2 aromatic carbocycles. The van der Waals surface area contributed by atoms with Gasteiger partial charge in [0, 0.05) is 23.4 Å². The first-order valence-corrected chi connectivity index (χ1v) is 5.00. The van der Waals surface area contributed by atoms with Crippen LogP contribution >= 0.6 is 0 Å². The van der Waals surface area contributed by atoms with Crippen LogP contribution in [-0.2, 0) is 0 Å². The van der Waals surface area contributed by atoms with E-state index in [-0.39, 0.29) is 5.56 Å². The van der Waals surface area contributed by atoms with E-state index in [0.29, 0.717) is 17.0 Å². The van der Waals surface area contributed by atoms with Gasteiger partial charge in [0.1, 0.15) is 17.4 Å². The van der Waals surface area contributed by atoms with Gasteiger partial charge in [0.05, 0.1) is 7.11 Å². The molecule has 0 saturated heterocycles. The molecule has 0 bridgehead atoms. The highest BCUT2D eigenvalue weighted by molar-refractivity contribution is 5.70. The number of nitrogens with two attached hydrogens (primary N) is 1. The van der Waals surface area contributed by atoms with Crippen molar-refractivity contribution in [3.63, 3.8) is 0 Å². The van der Waals surface area contributed by atoms with Crippen molar-refractivity contribution < 1.29 is 13.5 Å². The van der Waals surface area contributed by atoms with Crippen molar-refractivity contribution in [3.05, 3.63) is 48.0 Å². The lowest BCUT2D eigenvalue weighted by Gasteiger charge is -2.07. The van der Waals surface area contributed by atoms with E-state index in [0.717, 1.165) is 6.07 Å². The van der Waals surface area contributed by atoms with Crippen LogP contribution in [-0.4, -0.2) is 7.11 Å². The molecule has 0 aliphatic carbocycles. The molecule has 2 aromatic rings. The maximum absolute atomic E-state index is 13.6. The summed E-state index contributed by atoms with van der Waals surface area (Å²) in [5.74, 6) is -0.705. The zero-order valence-corrected chi connectivity index (χ0v) is 9.21. The molecule has 2 N–H and O–H groups in total. The number of hydrogen-bond acceptors (Lipinski definition) is 2. The average molecular weight is 235 g/mol. The van der Waals surface area contributed by atoms with Gasteiger partial charge in [0.25, 0.3) is 0 Å². The van der Waals surface area contributed by atoms with E-state index < -0.39 is 11.6 Å². The summed E-state index contributed by atoms with van der Waals surface area (Å²) in [6.45, 7) is 0. The number of hydrogen-bond donors (Lipinski definition) is 1. The number of ether oxygens (including phenoxy) is 1. The smallest absolute Gasteiger partial charge is 0.133 e. The lowest BCUT2D eigenvalue weighted by molar-refractivity contribution is 0.415. The summed E-state index contributed by atoms with van der Waals surface area (Å²) < 4.78 is 31.4. The minimum atomic E-state index is -0.627. The Morgan fingerprint density at radius 3 is 2.47 bits per heavy atom. The molecule has 0 radical (unpaired) electrons. The van der Waals surface area contributed by atoms with E-state index in [1.165, 1.54) is 19.2 Å². The van der Waals surface area contributed by atoms with Gasteiger partial charge in [-0.2, -0.15) is 0 Å². The summed E-state index contributed by atoms with van der Waals surface area (Å²) in [5.41, 5.74) is 6.98. The average Bonchev–Trinajstić information content (AvgIpc) is 2.28. The van der Waals surface area contributed by atoms with E-state index in [2.05, 4.69) is 0 Å². The molecule has 0 aliphatic heterocycles. The van der Waals surface area contributed by atoms with Crippen molar-refractivity contribution in [3.8, 4) is 16.9 Å². The van der Waals surface area contributed by atoms with E-state index >= 15 is 0 Å². The molecular formula is C13H11F2NO. The van der Waals surface area contributed by atoms with Crippen molar-refractivity contribution in [2.75, 3.05) is 12.8 Å². The van der Waals surface area contributed by atoms with E-state index in [1.807, 2.05) is 0 Å². The fourth-order valence-corrected chi connectivity index (χ4v) is 1.62. The van der Waals surface area contributed by atoms with Gasteiger partial charge in [-0.1, -0.05) is 0 Å². The highest BCUT2D eigenvalue weighted by Gasteiger charge is 2.08. The summed E-state index contributed by atoms with van der Waals surface area (Å²) in [6, 6.07) is 8.30. The molecule has 17 heavy (non-hydrogen) atoms. The van der Waals surface area contributed by atoms with Gasteiger partial charge in [-0.25, -0.2) is 8.78 Å². The number of rotatable bonds is 2. The van der Waals surface area contributed by atoms with Gasteiger partial charge in [0.15, 0.2) is 0 Å². The zero-order valence-electron chi connectivity index (χ0n) is 9.21. The molecule has 0 atom stereocenters. The van der Waals surface area contributed by atoms with Crippen LogP contribution in [0.2, 0.25) is 0 Å². The maximum Gasteiger partial charge on any atom is 0.133 e. The Bertz CT molecular complexity index is 555. The van der Waals surface area contributed by atoms with Gasteiger partial charge in [-0.3, -0.25) is 0 Å². The highest BCUT2D eigenvalue weighted by atomic mass is 19.1. The molecule has 0 saturated carbocycles. The SMILES string of the molecule is COc1cc(N)cc(-c2ccc(F)cc2F)c1. The third kappa shape index (κ3) is 2.36. The number of methoxy groups -OCH3 is 1. The minimum absolute atomic E-state index is 0.289. The molecule has 4 heteroatoms. The number of nitrogen functional groups attached to an aromatic ring is 1. The highest BCUT2D eigenvalue weighted by Crippen LogP contribution is 2.29. The molecule has 0 heterocycles. The molecule has 2 rings (SSSR count). The first kappa shape index (κ1) is 11.4. The fraction of sp³-hybridized carbons (Fsp3) is 0.0769. The van der Waals surface area contributed by atoms with Crippen LogP contribution in [0, 0.1) is 11.6 Å². The second-order valence-electron chi connectivity index (χ2n) is 3.62.